The van der Waals surface area contributed by atoms with E-state index in [-0.39, 0.29) is 23.6 Å². The van der Waals surface area contributed by atoms with Crippen LogP contribution in [0.4, 0.5) is 19.0 Å². The van der Waals surface area contributed by atoms with Gasteiger partial charge >= 0.3 is 6.18 Å². The lowest BCUT2D eigenvalue weighted by molar-refractivity contribution is -0.141. The number of alkyl halides is 5. The molecule has 45 heavy (non-hydrogen) atoms. The predicted molar refractivity (Wildman–Crippen MR) is 158 cm³/mol. The second-order valence-electron chi connectivity index (χ2n) is 12.0. The molecule has 4 aliphatic rings. The number of hydrazine groups is 1. The molecule has 1 aromatic heterocycles. The number of carbonyl (C=O) groups is 4. The van der Waals surface area contributed by atoms with Crippen LogP contribution in [-0.2, 0) is 25.4 Å². The molecule has 2 aliphatic heterocycles. The van der Waals surface area contributed by atoms with Crippen LogP contribution in [0.3, 0.4) is 0 Å². The fraction of sp³-hybridized carbons (Fsp3) is 0.433. The number of rotatable bonds is 3. The summed E-state index contributed by atoms with van der Waals surface area (Å²) in [7, 11) is 2.48. The molecule has 3 fully saturated rings. The molecule has 238 valence electrons. The molecule has 9 nitrogen and oxygen atoms in total. The molecular formula is C30H26Cl3F3N4O5. The molecular weight excluding hydrogens is 660 g/mol. The van der Waals surface area contributed by atoms with Gasteiger partial charge in [-0.05, 0) is 61.4 Å². The molecule has 0 radical (unpaired) electrons. The number of aromatic nitrogens is 1. The maximum atomic E-state index is 14.2. The van der Waals surface area contributed by atoms with Crippen molar-refractivity contribution < 1.29 is 37.5 Å². The molecule has 0 bridgehead atoms. The number of phenolic OH excluding ortho intramolecular Hbond substituents is 1. The third kappa shape index (κ3) is 4.17. The van der Waals surface area contributed by atoms with E-state index in [1.54, 1.807) is 32.1 Å². The van der Waals surface area contributed by atoms with Crippen molar-refractivity contribution in [1.29, 1.82) is 0 Å². The molecule has 2 aliphatic carbocycles. The summed E-state index contributed by atoms with van der Waals surface area (Å²) in [5, 5.41) is 11.9. The van der Waals surface area contributed by atoms with Gasteiger partial charge in [0, 0.05) is 20.0 Å². The lowest BCUT2D eigenvalue weighted by atomic mass is 9.56. The molecule has 3 heterocycles. The molecule has 6 unspecified atom stereocenters. The molecule has 0 spiro atoms. The predicted octanol–water partition coefficient (Wildman–Crippen LogP) is 5.12. The van der Waals surface area contributed by atoms with Crippen molar-refractivity contribution in [3.63, 3.8) is 0 Å². The van der Waals surface area contributed by atoms with E-state index >= 15 is 0 Å². The van der Waals surface area contributed by atoms with Crippen molar-refractivity contribution in [2.75, 3.05) is 19.1 Å². The van der Waals surface area contributed by atoms with Gasteiger partial charge in [0.15, 0.2) is 15.6 Å². The summed E-state index contributed by atoms with van der Waals surface area (Å²) in [6.45, 7) is 3.33. The van der Waals surface area contributed by atoms with Crippen molar-refractivity contribution in [1.82, 2.24) is 14.9 Å². The zero-order valence-corrected chi connectivity index (χ0v) is 26.5. The highest BCUT2D eigenvalue weighted by Gasteiger charge is 2.76. The van der Waals surface area contributed by atoms with Gasteiger partial charge in [-0.3, -0.25) is 29.1 Å². The molecule has 4 amide bonds. The van der Waals surface area contributed by atoms with Crippen LogP contribution in [0, 0.1) is 31.6 Å². The molecule has 6 atom stereocenters. The highest BCUT2D eigenvalue weighted by Crippen LogP contribution is 2.65. The third-order valence-corrected chi connectivity index (χ3v) is 11.3. The number of likely N-dealkylation sites (tertiary alicyclic amines) is 1. The number of pyridine rings is 1. The van der Waals surface area contributed by atoms with Gasteiger partial charge in [0.05, 0.1) is 16.9 Å². The van der Waals surface area contributed by atoms with Gasteiger partial charge < -0.3 is 5.11 Å². The normalized spacial score (nSPS) is 31.2. The molecule has 2 saturated heterocycles. The Kier molecular flexibility index (Phi) is 7.08. The second-order valence-corrected chi connectivity index (χ2v) is 13.7. The Morgan fingerprint density at radius 3 is 2.24 bits per heavy atom. The standard InChI is InChI=1S/C30H26Cl3F3N4O5/c1-12-9-14(10-13(2)22(12)41)21-15-5-6-16-20(17(15)11-28(32)26(44)38(3)27(45)29(21,28)33)25(43)40(24(16)42)39(4)23-18(31)7-8-19(37-23)30(34,35)36/h5,7-10,16-17,20-21,41H,6,11H2,1-4H3. The van der Waals surface area contributed by atoms with Gasteiger partial charge in [-0.2, -0.15) is 18.2 Å². The zero-order chi connectivity index (χ0) is 33.1. The van der Waals surface area contributed by atoms with E-state index in [2.05, 4.69) is 4.98 Å². The number of amides is 4. The average molecular weight is 686 g/mol. The molecule has 15 heteroatoms. The monoisotopic (exact) mass is 684 g/mol. The Balaban J connectivity index is 1.47. The first-order valence-electron chi connectivity index (χ1n) is 13.9. The van der Waals surface area contributed by atoms with Crippen LogP contribution >= 0.6 is 34.8 Å². The summed E-state index contributed by atoms with van der Waals surface area (Å²) in [6, 6.07) is 4.95. The fourth-order valence-electron chi connectivity index (χ4n) is 7.46. The number of fused-ring (bicyclic) bond motifs is 4. The highest BCUT2D eigenvalue weighted by molar-refractivity contribution is 6.53. The van der Waals surface area contributed by atoms with E-state index < -0.39 is 74.7 Å². The van der Waals surface area contributed by atoms with Crippen LogP contribution in [0.25, 0.3) is 0 Å². The Bertz CT molecular complexity index is 1730. The summed E-state index contributed by atoms with van der Waals surface area (Å²) >= 11 is 20.5. The van der Waals surface area contributed by atoms with Crippen LogP contribution in [-0.4, -0.2) is 67.5 Å². The van der Waals surface area contributed by atoms with E-state index in [1.165, 1.54) is 14.1 Å². The number of aromatic hydroxyl groups is 1. The largest absolute Gasteiger partial charge is 0.507 e. The maximum Gasteiger partial charge on any atom is 0.433 e. The van der Waals surface area contributed by atoms with Gasteiger partial charge in [0.2, 0.25) is 0 Å². The van der Waals surface area contributed by atoms with E-state index in [0.29, 0.717) is 28.3 Å². The number of hydrogen-bond acceptors (Lipinski definition) is 7. The van der Waals surface area contributed by atoms with Gasteiger partial charge in [0.1, 0.15) is 11.4 Å². The topological polar surface area (TPSA) is 111 Å². The Labute approximate surface area is 270 Å². The van der Waals surface area contributed by atoms with E-state index in [4.69, 9.17) is 34.8 Å². The number of halogens is 6. The van der Waals surface area contributed by atoms with E-state index in [1.807, 2.05) is 0 Å². The number of hydrogen-bond donors (Lipinski definition) is 1. The van der Waals surface area contributed by atoms with Gasteiger partial charge in [-0.25, -0.2) is 4.98 Å². The lowest BCUT2D eigenvalue weighted by Gasteiger charge is -2.51. The van der Waals surface area contributed by atoms with Crippen molar-refractivity contribution in [2.24, 2.45) is 17.8 Å². The summed E-state index contributed by atoms with van der Waals surface area (Å²) < 4.78 is 40.4. The highest BCUT2D eigenvalue weighted by atomic mass is 35.5. The van der Waals surface area contributed by atoms with Gasteiger partial charge in [-0.1, -0.05) is 35.4 Å². The number of benzene rings is 1. The first-order valence-corrected chi connectivity index (χ1v) is 15.0. The summed E-state index contributed by atoms with van der Waals surface area (Å²) in [6.07, 6.45) is -3.29. The third-order valence-electron chi connectivity index (χ3n) is 9.56. The van der Waals surface area contributed by atoms with Crippen LogP contribution in [0.1, 0.15) is 41.1 Å². The van der Waals surface area contributed by atoms with Crippen molar-refractivity contribution in [3.8, 4) is 5.75 Å². The van der Waals surface area contributed by atoms with Gasteiger partial charge in [0.25, 0.3) is 23.6 Å². The van der Waals surface area contributed by atoms with Crippen LogP contribution in [0.2, 0.25) is 5.02 Å². The van der Waals surface area contributed by atoms with Crippen molar-refractivity contribution in [3.05, 3.63) is 63.3 Å². The van der Waals surface area contributed by atoms with E-state index in [9.17, 15) is 37.5 Å². The minimum Gasteiger partial charge on any atom is -0.507 e. The lowest BCUT2D eigenvalue weighted by Crippen LogP contribution is -2.60. The number of allylic oxidation sites excluding steroid dienone is 2. The SMILES string of the molecule is Cc1cc(C2C3=CCC4C(=O)N(N(C)c5nc(C(F)(F)F)ccc5Cl)C(=O)C4C3CC3(Cl)C(=O)N(C)C(=O)C23Cl)cc(C)c1O. The Morgan fingerprint density at radius 1 is 1.02 bits per heavy atom. The van der Waals surface area contributed by atoms with E-state index in [0.717, 1.165) is 21.0 Å². The molecule has 1 aromatic carbocycles. The van der Waals surface area contributed by atoms with Crippen LogP contribution in [0.15, 0.2) is 35.9 Å². The summed E-state index contributed by atoms with van der Waals surface area (Å²) in [5.74, 6) is -7.25. The Hall–Kier alpha value is -3.35. The Morgan fingerprint density at radius 2 is 1.64 bits per heavy atom. The van der Waals surface area contributed by atoms with Crippen LogP contribution < -0.4 is 5.01 Å². The zero-order valence-electron chi connectivity index (χ0n) is 24.2. The molecule has 1 saturated carbocycles. The number of nitrogens with zero attached hydrogens (tertiary/aromatic N) is 4. The fourth-order valence-corrected chi connectivity index (χ4v) is 8.71. The van der Waals surface area contributed by atoms with Crippen LogP contribution in [0.5, 0.6) is 5.75 Å². The summed E-state index contributed by atoms with van der Waals surface area (Å²) in [5.41, 5.74) is 0.721. The quantitative estimate of drug-likeness (QED) is 0.272. The molecule has 6 rings (SSSR count). The minimum absolute atomic E-state index is 0.0348. The maximum absolute atomic E-state index is 14.2. The number of phenols is 1. The van der Waals surface area contributed by atoms with Crippen molar-refractivity contribution in [2.45, 2.75) is 48.5 Å². The number of imide groups is 2. The van der Waals surface area contributed by atoms with Crippen molar-refractivity contribution >= 4 is 64.2 Å². The molecule has 2 aromatic rings. The first-order chi connectivity index (χ1) is 20.9. The number of anilines is 1. The average Bonchev–Trinajstić information content (AvgIpc) is 3.29. The second kappa shape index (κ2) is 10.1. The first kappa shape index (κ1) is 31.6. The smallest absolute Gasteiger partial charge is 0.433 e. The van der Waals surface area contributed by atoms with Gasteiger partial charge in [-0.15, -0.1) is 23.2 Å². The number of carbonyl (C=O) groups excluding carboxylic acids is 4. The minimum atomic E-state index is -4.81. The summed E-state index contributed by atoms with van der Waals surface area (Å²) in [4.78, 5) is 55.7. The molecule has 1 N–H and O–H groups in total. The number of aryl methyl sites for hydroxylation is 2.